The second kappa shape index (κ2) is 5.94. The maximum atomic E-state index is 12.0. The van der Waals surface area contributed by atoms with Gasteiger partial charge in [-0.3, -0.25) is 10.0 Å². The monoisotopic (exact) mass is 319 g/mol. The molecule has 2 aromatic carbocycles. The molecule has 1 saturated carbocycles. The number of benzene rings is 2. The lowest BCUT2D eigenvalue weighted by Gasteiger charge is -2.05. The highest BCUT2D eigenvalue weighted by molar-refractivity contribution is 5.84. The summed E-state index contributed by atoms with van der Waals surface area (Å²) in [7, 11) is 0. The Kier molecular flexibility index (Phi) is 3.63. The van der Waals surface area contributed by atoms with E-state index in [1.54, 1.807) is 12.5 Å². The van der Waals surface area contributed by atoms with Gasteiger partial charge < -0.3 is 4.57 Å². The number of hydrogen-bond acceptors (Lipinski definition) is 3. The van der Waals surface area contributed by atoms with Crippen molar-refractivity contribution in [3.8, 4) is 5.69 Å². The smallest absolute Gasteiger partial charge is 0.247 e. The second-order valence-corrected chi connectivity index (χ2v) is 6.03. The Labute approximate surface area is 139 Å². The standard InChI is InChI=1S/C19H17N3O2/c23-19(21-24)18-16(13-4-2-1-3-5-13)17(18)14-6-8-15(9-7-14)22-11-10-20-12-22/h1-12,16-18,24H,(H,21,23)/t16-,17-,18-/m1/s1. The van der Waals surface area contributed by atoms with E-state index in [1.807, 2.05) is 70.8 Å². The molecule has 0 aliphatic heterocycles. The zero-order valence-corrected chi connectivity index (χ0v) is 12.9. The predicted octanol–water partition coefficient (Wildman–Crippen LogP) is 2.87. The molecule has 1 aliphatic carbocycles. The fourth-order valence-electron chi connectivity index (χ4n) is 3.50. The van der Waals surface area contributed by atoms with Crippen LogP contribution in [0.3, 0.4) is 0 Å². The van der Waals surface area contributed by atoms with Gasteiger partial charge in [0.2, 0.25) is 5.91 Å². The molecule has 120 valence electrons. The SMILES string of the molecule is O=C(NO)[C@@H]1[C@H](c2ccccc2)[C@H]1c1ccc(-n2ccnc2)cc1. The van der Waals surface area contributed by atoms with E-state index in [9.17, 15) is 4.79 Å². The van der Waals surface area contributed by atoms with E-state index in [1.165, 1.54) is 0 Å². The number of amides is 1. The van der Waals surface area contributed by atoms with E-state index in [0.717, 1.165) is 16.8 Å². The van der Waals surface area contributed by atoms with E-state index in [2.05, 4.69) is 4.98 Å². The first kappa shape index (κ1) is 14.7. The van der Waals surface area contributed by atoms with Crippen LogP contribution in [-0.4, -0.2) is 20.7 Å². The van der Waals surface area contributed by atoms with Crippen molar-refractivity contribution in [2.24, 2.45) is 5.92 Å². The zero-order valence-electron chi connectivity index (χ0n) is 12.9. The molecule has 1 heterocycles. The highest BCUT2D eigenvalue weighted by Crippen LogP contribution is 2.60. The summed E-state index contributed by atoms with van der Waals surface area (Å²) in [6.45, 7) is 0. The van der Waals surface area contributed by atoms with Crippen LogP contribution in [0, 0.1) is 5.92 Å². The lowest BCUT2D eigenvalue weighted by molar-refractivity contribution is -0.130. The molecule has 3 atom stereocenters. The summed E-state index contributed by atoms with van der Waals surface area (Å²) >= 11 is 0. The van der Waals surface area contributed by atoms with Crippen molar-refractivity contribution in [2.75, 3.05) is 0 Å². The molecule has 2 N–H and O–H groups in total. The Balaban J connectivity index is 1.63. The molecule has 0 saturated heterocycles. The number of nitrogens with one attached hydrogen (secondary N) is 1. The van der Waals surface area contributed by atoms with Gasteiger partial charge in [0.25, 0.3) is 0 Å². The van der Waals surface area contributed by atoms with Crippen LogP contribution in [0.1, 0.15) is 23.0 Å². The van der Waals surface area contributed by atoms with Gasteiger partial charge >= 0.3 is 0 Å². The Bertz CT molecular complexity index is 829. The minimum absolute atomic E-state index is 0.0800. The number of hydroxylamine groups is 1. The van der Waals surface area contributed by atoms with Gasteiger partial charge in [0.1, 0.15) is 0 Å². The van der Waals surface area contributed by atoms with Gasteiger partial charge in [-0.05, 0) is 23.3 Å². The van der Waals surface area contributed by atoms with E-state index in [-0.39, 0.29) is 23.7 Å². The molecular weight excluding hydrogens is 302 g/mol. The van der Waals surface area contributed by atoms with Crippen molar-refractivity contribution in [3.63, 3.8) is 0 Å². The van der Waals surface area contributed by atoms with Crippen molar-refractivity contribution in [2.45, 2.75) is 11.8 Å². The first-order valence-electron chi connectivity index (χ1n) is 7.87. The molecule has 24 heavy (non-hydrogen) atoms. The average molecular weight is 319 g/mol. The molecule has 1 aliphatic rings. The predicted molar refractivity (Wildman–Crippen MR) is 88.9 cm³/mol. The van der Waals surface area contributed by atoms with E-state index >= 15 is 0 Å². The lowest BCUT2D eigenvalue weighted by Crippen LogP contribution is -2.21. The molecule has 5 nitrogen and oxygen atoms in total. The van der Waals surface area contributed by atoms with Crippen LogP contribution in [0.25, 0.3) is 5.69 Å². The number of carbonyl (C=O) groups is 1. The van der Waals surface area contributed by atoms with Gasteiger partial charge in [-0.15, -0.1) is 0 Å². The maximum absolute atomic E-state index is 12.0. The first-order chi connectivity index (χ1) is 11.8. The third kappa shape index (κ3) is 2.49. The van der Waals surface area contributed by atoms with Crippen molar-refractivity contribution in [3.05, 3.63) is 84.4 Å². The minimum Gasteiger partial charge on any atom is -0.306 e. The van der Waals surface area contributed by atoms with Crippen molar-refractivity contribution in [1.29, 1.82) is 0 Å². The molecule has 0 spiro atoms. The normalized spacial score (nSPS) is 22.1. The van der Waals surface area contributed by atoms with Crippen LogP contribution in [0.5, 0.6) is 0 Å². The topological polar surface area (TPSA) is 67.2 Å². The summed E-state index contributed by atoms with van der Waals surface area (Å²) in [5.41, 5.74) is 5.05. The van der Waals surface area contributed by atoms with E-state index < -0.39 is 0 Å². The van der Waals surface area contributed by atoms with Crippen LogP contribution in [0.2, 0.25) is 0 Å². The summed E-state index contributed by atoms with van der Waals surface area (Å²) in [5.74, 6) is -0.391. The zero-order chi connectivity index (χ0) is 16.5. The number of aromatic nitrogens is 2. The molecule has 1 amide bonds. The van der Waals surface area contributed by atoms with Crippen molar-refractivity contribution >= 4 is 5.91 Å². The molecule has 0 bridgehead atoms. The van der Waals surface area contributed by atoms with Crippen LogP contribution in [0.15, 0.2) is 73.3 Å². The van der Waals surface area contributed by atoms with Crippen LogP contribution < -0.4 is 5.48 Å². The number of hydrogen-bond donors (Lipinski definition) is 2. The summed E-state index contributed by atoms with van der Waals surface area (Å²) < 4.78 is 1.93. The highest BCUT2D eigenvalue weighted by atomic mass is 16.5. The minimum atomic E-state index is -0.326. The molecule has 3 aromatic rings. The molecular formula is C19H17N3O2. The Morgan fingerprint density at radius 1 is 1.00 bits per heavy atom. The fraction of sp³-hybridized carbons (Fsp3) is 0.158. The van der Waals surface area contributed by atoms with Gasteiger partial charge in [-0.25, -0.2) is 10.5 Å². The van der Waals surface area contributed by atoms with Crippen LogP contribution in [-0.2, 0) is 4.79 Å². The summed E-state index contributed by atoms with van der Waals surface area (Å²) in [4.78, 5) is 16.1. The highest BCUT2D eigenvalue weighted by Gasteiger charge is 2.56. The Hall–Kier alpha value is -2.92. The van der Waals surface area contributed by atoms with Crippen LogP contribution >= 0.6 is 0 Å². The molecule has 1 aromatic heterocycles. The van der Waals surface area contributed by atoms with Gasteiger partial charge in [0, 0.05) is 29.9 Å². The Morgan fingerprint density at radius 3 is 2.25 bits per heavy atom. The van der Waals surface area contributed by atoms with Gasteiger partial charge in [0.15, 0.2) is 0 Å². The number of imidazole rings is 1. The third-order valence-electron chi connectivity index (χ3n) is 4.70. The van der Waals surface area contributed by atoms with Crippen molar-refractivity contribution < 1.29 is 10.0 Å². The fourth-order valence-corrected chi connectivity index (χ4v) is 3.50. The largest absolute Gasteiger partial charge is 0.306 e. The molecule has 1 fully saturated rings. The molecule has 4 rings (SSSR count). The lowest BCUT2D eigenvalue weighted by atomic mass is 10.0. The van der Waals surface area contributed by atoms with Crippen LogP contribution in [0.4, 0.5) is 0 Å². The number of rotatable bonds is 4. The van der Waals surface area contributed by atoms with Crippen molar-refractivity contribution in [1.82, 2.24) is 15.0 Å². The average Bonchev–Trinajstić information content (AvgIpc) is 3.15. The summed E-state index contributed by atoms with van der Waals surface area (Å²) in [6, 6.07) is 18.1. The van der Waals surface area contributed by atoms with Gasteiger partial charge in [-0.1, -0.05) is 42.5 Å². The van der Waals surface area contributed by atoms with E-state index in [4.69, 9.17) is 5.21 Å². The summed E-state index contributed by atoms with van der Waals surface area (Å²) in [5, 5.41) is 9.03. The van der Waals surface area contributed by atoms with E-state index in [0.29, 0.717) is 0 Å². The number of nitrogens with zero attached hydrogens (tertiary/aromatic N) is 2. The maximum Gasteiger partial charge on any atom is 0.247 e. The third-order valence-corrected chi connectivity index (χ3v) is 4.70. The van der Waals surface area contributed by atoms with Gasteiger partial charge in [0.05, 0.1) is 12.2 Å². The molecule has 0 unspecified atom stereocenters. The molecule has 5 heteroatoms. The Morgan fingerprint density at radius 2 is 1.67 bits per heavy atom. The van der Waals surface area contributed by atoms with Gasteiger partial charge in [-0.2, -0.15) is 0 Å². The summed E-state index contributed by atoms with van der Waals surface area (Å²) in [6.07, 6.45) is 5.38. The number of carbonyl (C=O) groups excluding carboxylic acids is 1. The second-order valence-electron chi connectivity index (χ2n) is 6.03. The first-order valence-corrected chi connectivity index (χ1v) is 7.87. The quantitative estimate of drug-likeness (QED) is 0.574. The molecule has 0 radical (unpaired) electrons.